The number of carbonyl (C=O) groups excluding carboxylic acids is 2. The predicted octanol–water partition coefficient (Wildman–Crippen LogP) is 5.70. The first kappa shape index (κ1) is 24.6. The van der Waals surface area contributed by atoms with Gasteiger partial charge in [-0.25, -0.2) is 4.79 Å². The SMILES string of the molecule is O=C(O)CCC(NC(=O)OCC1c2ccccc2-c2ccccc21)C(=O)Nc1c(Cl)cccc1Cl. The van der Waals surface area contributed by atoms with Crippen LogP contribution >= 0.6 is 23.2 Å². The molecule has 0 spiro atoms. The van der Waals surface area contributed by atoms with Gasteiger partial charge in [0, 0.05) is 12.3 Å². The highest BCUT2D eigenvalue weighted by atomic mass is 35.5. The van der Waals surface area contributed by atoms with Crippen LogP contribution in [0.15, 0.2) is 66.7 Å². The Kier molecular flexibility index (Phi) is 7.58. The van der Waals surface area contributed by atoms with Crippen molar-refractivity contribution >= 4 is 46.9 Å². The van der Waals surface area contributed by atoms with E-state index in [0.717, 1.165) is 22.3 Å². The van der Waals surface area contributed by atoms with E-state index in [4.69, 9.17) is 33.0 Å². The highest BCUT2D eigenvalue weighted by Gasteiger charge is 2.30. The van der Waals surface area contributed by atoms with E-state index in [9.17, 15) is 14.4 Å². The molecule has 1 aliphatic carbocycles. The van der Waals surface area contributed by atoms with Crippen LogP contribution in [0.5, 0.6) is 0 Å². The lowest BCUT2D eigenvalue weighted by atomic mass is 9.98. The highest BCUT2D eigenvalue weighted by molar-refractivity contribution is 6.39. The summed E-state index contributed by atoms with van der Waals surface area (Å²) in [5.41, 5.74) is 4.46. The minimum absolute atomic E-state index is 0.0590. The van der Waals surface area contributed by atoms with Gasteiger partial charge in [0.05, 0.1) is 15.7 Å². The Morgan fingerprint density at radius 2 is 1.46 bits per heavy atom. The molecule has 0 heterocycles. The van der Waals surface area contributed by atoms with Crippen LogP contribution in [0.1, 0.15) is 29.9 Å². The van der Waals surface area contributed by atoms with Gasteiger partial charge in [-0.3, -0.25) is 9.59 Å². The molecule has 3 aromatic carbocycles. The van der Waals surface area contributed by atoms with Crippen LogP contribution < -0.4 is 10.6 Å². The number of hydrogen-bond donors (Lipinski definition) is 3. The second kappa shape index (κ2) is 10.8. The summed E-state index contributed by atoms with van der Waals surface area (Å²) in [6.45, 7) is 0.0590. The fraction of sp³-hybridized carbons (Fsp3) is 0.192. The zero-order valence-corrected chi connectivity index (χ0v) is 20.0. The lowest BCUT2D eigenvalue weighted by Gasteiger charge is -2.20. The molecule has 1 unspecified atom stereocenters. The lowest BCUT2D eigenvalue weighted by Crippen LogP contribution is -2.44. The zero-order chi connectivity index (χ0) is 24.9. The second-order valence-corrected chi connectivity index (χ2v) is 8.86. The summed E-state index contributed by atoms with van der Waals surface area (Å²) in [6, 6.07) is 19.4. The molecular weight excluding hydrogens is 491 g/mol. The van der Waals surface area contributed by atoms with Gasteiger partial charge in [0.15, 0.2) is 0 Å². The van der Waals surface area contributed by atoms with Crippen LogP contribution in [0.3, 0.4) is 0 Å². The predicted molar refractivity (Wildman–Crippen MR) is 134 cm³/mol. The normalized spacial score (nSPS) is 12.9. The first-order valence-electron chi connectivity index (χ1n) is 10.9. The number of para-hydroxylation sites is 1. The molecule has 0 aromatic heterocycles. The van der Waals surface area contributed by atoms with Gasteiger partial charge in [-0.2, -0.15) is 0 Å². The van der Waals surface area contributed by atoms with E-state index >= 15 is 0 Å². The van der Waals surface area contributed by atoms with Crippen LogP contribution in [-0.4, -0.2) is 35.7 Å². The molecule has 0 radical (unpaired) electrons. The number of ether oxygens (including phenoxy) is 1. The monoisotopic (exact) mass is 512 g/mol. The van der Waals surface area contributed by atoms with Crippen LogP contribution in [0.4, 0.5) is 10.5 Å². The van der Waals surface area contributed by atoms with Crippen molar-refractivity contribution in [2.45, 2.75) is 24.8 Å². The Hall–Kier alpha value is -3.55. The number of amides is 2. The third-order valence-corrected chi connectivity index (χ3v) is 6.44. The molecule has 0 saturated heterocycles. The maximum Gasteiger partial charge on any atom is 0.407 e. The number of carbonyl (C=O) groups is 3. The number of hydrogen-bond acceptors (Lipinski definition) is 4. The van der Waals surface area contributed by atoms with Crippen LogP contribution in [0.2, 0.25) is 10.0 Å². The molecule has 180 valence electrons. The molecule has 0 aliphatic heterocycles. The number of alkyl carbamates (subject to hydrolysis) is 1. The third kappa shape index (κ3) is 5.58. The highest BCUT2D eigenvalue weighted by Crippen LogP contribution is 2.44. The molecule has 0 bridgehead atoms. The maximum absolute atomic E-state index is 12.9. The van der Waals surface area contributed by atoms with Crippen molar-refractivity contribution in [3.63, 3.8) is 0 Å². The summed E-state index contributed by atoms with van der Waals surface area (Å²) in [6.07, 6.45) is -1.31. The smallest absolute Gasteiger partial charge is 0.407 e. The minimum atomic E-state index is -1.17. The first-order valence-corrected chi connectivity index (χ1v) is 11.7. The van der Waals surface area contributed by atoms with Crippen molar-refractivity contribution in [3.05, 3.63) is 87.9 Å². The summed E-state index contributed by atoms with van der Waals surface area (Å²) in [7, 11) is 0. The van der Waals surface area contributed by atoms with Gasteiger partial charge in [-0.05, 0) is 40.8 Å². The van der Waals surface area contributed by atoms with Gasteiger partial charge < -0.3 is 20.5 Å². The van der Waals surface area contributed by atoms with E-state index in [1.807, 2.05) is 48.5 Å². The largest absolute Gasteiger partial charge is 0.481 e. The molecule has 4 rings (SSSR count). The van der Waals surface area contributed by atoms with Gasteiger partial charge in [-0.15, -0.1) is 0 Å². The number of carboxylic acid groups (broad SMARTS) is 1. The van der Waals surface area contributed by atoms with Gasteiger partial charge in [0.25, 0.3) is 0 Å². The number of halogens is 2. The standard InChI is InChI=1S/C26H22Cl2N2O5/c27-20-10-5-11-21(28)24(20)30-25(33)22(12-13-23(31)32)29-26(34)35-14-19-17-8-3-1-6-15(17)16-7-2-4-9-18(16)19/h1-11,19,22H,12-14H2,(H,29,34)(H,30,33)(H,31,32). The Morgan fingerprint density at radius 1 is 0.886 bits per heavy atom. The van der Waals surface area contributed by atoms with E-state index < -0.39 is 24.0 Å². The Bertz CT molecular complexity index is 1210. The Morgan fingerprint density at radius 3 is 2.03 bits per heavy atom. The summed E-state index contributed by atoms with van der Waals surface area (Å²) < 4.78 is 5.50. The van der Waals surface area contributed by atoms with E-state index in [0.29, 0.717) is 0 Å². The van der Waals surface area contributed by atoms with Gasteiger partial charge in [0.1, 0.15) is 12.6 Å². The second-order valence-electron chi connectivity index (χ2n) is 8.04. The minimum Gasteiger partial charge on any atom is -0.481 e. The van der Waals surface area contributed by atoms with Crippen molar-refractivity contribution in [1.82, 2.24) is 5.32 Å². The molecule has 3 aromatic rings. The summed E-state index contributed by atoms with van der Waals surface area (Å²) >= 11 is 12.2. The fourth-order valence-corrected chi connectivity index (χ4v) is 4.64. The molecule has 1 aliphatic rings. The molecule has 3 N–H and O–H groups in total. The molecule has 2 amide bonds. The average molecular weight is 513 g/mol. The van der Waals surface area contributed by atoms with Crippen molar-refractivity contribution in [1.29, 1.82) is 0 Å². The summed E-state index contributed by atoms with van der Waals surface area (Å²) in [5.74, 6) is -1.91. The summed E-state index contributed by atoms with van der Waals surface area (Å²) in [5, 5.41) is 14.5. The van der Waals surface area contributed by atoms with E-state index in [1.54, 1.807) is 18.2 Å². The first-order chi connectivity index (χ1) is 16.8. The lowest BCUT2D eigenvalue weighted by molar-refractivity contribution is -0.137. The number of rotatable bonds is 8. The van der Waals surface area contributed by atoms with E-state index in [2.05, 4.69) is 10.6 Å². The Labute approximate surface area is 212 Å². The van der Waals surface area contributed by atoms with E-state index in [-0.39, 0.29) is 41.1 Å². The van der Waals surface area contributed by atoms with Gasteiger partial charge in [-0.1, -0.05) is 77.8 Å². The van der Waals surface area contributed by atoms with Crippen molar-refractivity contribution < 1.29 is 24.2 Å². The van der Waals surface area contributed by atoms with Crippen molar-refractivity contribution in [2.24, 2.45) is 0 Å². The molecule has 9 heteroatoms. The Balaban J connectivity index is 1.45. The number of fused-ring (bicyclic) bond motifs is 3. The van der Waals surface area contributed by atoms with Gasteiger partial charge >= 0.3 is 12.1 Å². The van der Waals surface area contributed by atoms with Crippen molar-refractivity contribution in [2.75, 3.05) is 11.9 Å². The third-order valence-electron chi connectivity index (χ3n) is 5.81. The molecule has 0 saturated carbocycles. The number of nitrogens with one attached hydrogen (secondary N) is 2. The maximum atomic E-state index is 12.9. The van der Waals surface area contributed by atoms with Crippen LogP contribution in [0, 0.1) is 0 Å². The van der Waals surface area contributed by atoms with Crippen LogP contribution in [-0.2, 0) is 14.3 Å². The number of carboxylic acids is 1. The number of anilines is 1. The van der Waals surface area contributed by atoms with E-state index in [1.165, 1.54) is 0 Å². The molecule has 35 heavy (non-hydrogen) atoms. The fourth-order valence-electron chi connectivity index (χ4n) is 4.15. The molecule has 0 fully saturated rings. The number of benzene rings is 3. The molecule has 7 nitrogen and oxygen atoms in total. The average Bonchev–Trinajstić information content (AvgIpc) is 3.16. The van der Waals surface area contributed by atoms with Crippen molar-refractivity contribution in [3.8, 4) is 11.1 Å². The molecular formula is C26H22Cl2N2O5. The number of aliphatic carboxylic acids is 1. The quantitative estimate of drug-likeness (QED) is 0.358. The topological polar surface area (TPSA) is 105 Å². The van der Waals surface area contributed by atoms with Crippen LogP contribution in [0.25, 0.3) is 11.1 Å². The summed E-state index contributed by atoms with van der Waals surface area (Å²) in [4.78, 5) is 36.6. The van der Waals surface area contributed by atoms with Gasteiger partial charge in [0.2, 0.25) is 5.91 Å². The molecule has 1 atom stereocenters. The zero-order valence-electron chi connectivity index (χ0n) is 18.5.